The molecule has 33 heavy (non-hydrogen) atoms. The van der Waals surface area contributed by atoms with E-state index in [4.69, 9.17) is 21.4 Å². The standard InChI is InChI=1S/C23H22ClNO7S/c24-16-3-1-2-15(12-16)22(27)14-25-10-11-32-17-4-6-18(7-5-17)33(30,31)19-8-9-21(26)20(13-19)23(28)29/h1-9,12-13,22,25-27H,10-11,14H2,(H,28,29)/t22-/m1/s1. The van der Waals surface area contributed by atoms with Gasteiger partial charge in [-0.2, -0.15) is 0 Å². The number of hydrogen-bond donors (Lipinski definition) is 4. The number of phenols is 1. The molecule has 0 fully saturated rings. The number of hydrogen-bond acceptors (Lipinski definition) is 7. The van der Waals surface area contributed by atoms with Gasteiger partial charge >= 0.3 is 5.97 Å². The van der Waals surface area contributed by atoms with E-state index in [1.807, 2.05) is 0 Å². The average Bonchev–Trinajstić information content (AvgIpc) is 2.79. The van der Waals surface area contributed by atoms with E-state index in [1.165, 1.54) is 24.3 Å². The molecule has 0 aromatic heterocycles. The van der Waals surface area contributed by atoms with Gasteiger partial charge in [-0.25, -0.2) is 13.2 Å². The van der Waals surface area contributed by atoms with Crippen LogP contribution >= 0.6 is 11.6 Å². The summed E-state index contributed by atoms with van der Waals surface area (Å²) in [6.07, 6.45) is -0.713. The molecule has 3 aromatic rings. The van der Waals surface area contributed by atoms with Crippen molar-refractivity contribution in [3.63, 3.8) is 0 Å². The predicted molar refractivity (Wildman–Crippen MR) is 122 cm³/mol. The second-order valence-corrected chi connectivity index (χ2v) is 9.47. The molecule has 0 spiro atoms. The van der Waals surface area contributed by atoms with Gasteiger partial charge in [0.25, 0.3) is 0 Å². The number of benzene rings is 3. The van der Waals surface area contributed by atoms with Crippen molar-refractivity contribution in [1.82, 2.24) is 5.32 Å². The van der Waals surface area contributed by atoms with Gasteiger partial charge in [0.05, 0.1) is 15.9 Å². The van der Waals surface area contributed by atoms with E-state index in [0.29, 0.717) is 29.4 Å². The Morgan fingerprint density at radius 2 is 1.73 bits per heavy atom. The fraction of sp³-hybridized carbons (Fsp3) is 0.174. The lowest BCUT2D eigenvalue weighted by Crippen LogP contribution is -2.26. The zero-order chi connectivity index (χ0) is 24.0. The van der Waals surface area contributed by atoms with E-state index in [-0.39, 0.29) is 16.4 Å². The van der Waals surface area contributed by atoms with Crippen molar-refractivity contribution in [1.29, 1.82) is 0 Å². The fourth-order valence-corrected chi connectivity index (χ4v) is 4.50. The van der Waals surface area contributed by atoms with E-state index >= 15 is 0 Å². The monoisotopic (exact) mass is 491 g/mol. The van der Waals surface area contributed by atoms with Crippen molar-refractivity contribution in [3.8, 4) is 11.5 Å². The lowest BCUT2D eigenvalue weighted by atomic mass is 10.1. The highest BCUT2D eigenvalue weighted by molar-refractivity contribution is 7.91. The molecule has 0 unspecified atom stereocenters. The van der Waals surface area contributed by atoms with Gasteiger partial charge in [0.2, 0.25) is 9.84 Å². The molecule has 0 aliphatic rings. The number of nitrogens with one attached hydrogen (secondary N) is 1. The Balaban J connectivity index is 1.54. The van der Waals surface area contributed by atoms with Gasteiger partial charge in [0.15, 0.2) is 0 Å². The predicted octanol–water partition coefficient (Wildman–Crippen LogP) is 3.28. The highest BCUT2D eigenvalue weighted by Gasteiger charge is 2.21. The molecule has 0 bridgehead atoms. The van der Waals surface area contributed by atoms with Gasteiger partial charge in [-0.05, 0) is 60.2 Å². The first-order chi connectivity index (χ1) is 15.7. The van der Waals surface area contributed by atoms with Crippen LogP contribution in [0, 0.1) is 0 Å². The number of carboxylic acid groups (broad SMARTS) is 1. The molecule has 0 aliphatic heterocycles. The molecular formula is C23H22ClNO7S. The Morgan fingerprint density at radius 3 is 2.39 bits per heavy atom. The van der Waals surface area contributed by atoms with Gasteiger partial charge in [0, 0.05) is 18.1 Å². The topological polar surface area (TPSA) is 133 Å². The first-order valence-electron chi connectivity index (χ1n) is 9.87. The maximum absolute atomic E-state index is 12.8. The van der Waals surface area contributed by atoms with E-state index < -0.39 is 33.2 Å². The second kappa shape index (κ2) is 10.7. The van der Waals surface area contributed by atoms with Crippen LogP contribution in [-0.4, -0.2) is 49.4 Å². The summed E-state index contributed by atoms with van der Waals surface area (Å²) in [5.41, 5.74) is 0.209. The summed E-state index contributed by atoms with van der Waals surface area (Å²) >= 11 is 5.92. The smallest absolute Gasteiger partial charge is 0.339 e. The van der Waals surface area contributed by atoms with Crippen LogP contribution in [-0.2, 0) is 9.84 Å². The number of sulfone groups is 1. The third-order valence-corrected chi connectivity index (χ3v) is 6.76. The van der Waals surface area contributed by atoms with Crippen LogP contribution in [0.25, 0.3) is 0 Å². The van der Waals surface area contributed by atoms with Crippen LogP contribution in [0.1, 0.15) is 22.0 Å². The molecule has 0 heterocycles. The Morgan fingerprint density at radius 1 is 1.03 bits per heavy atom. The maximum atomic E-state index is 12.8. The molecule has 0 saturated carbocycles. The van der Waals surface area contributed by atoms with Crippen molar-refractivity contribution in [2.45, 2.75) is 15.9 Å². The van der Waals surface area contributed by atoms with Crippen molar-refractivity contribution >= 4 is 27.4 Å². The molecule has 8 nitrogen and oxygen atoms in total. The van der Waals surface area contributed by atoms with Crippen molar-refractivity contribution in [2.24, 2.45) is 0 Å². The summed E-state index contributed by atoms with van der Waals surface area (Å²) in [6, 6.07) is 15.8. The number of carboxylic acids is 1. The van der Waals surface area contributed by atoms with Crippen LogP contribution in [0.3, 0.4) is 0 Å². The number of ether oxygens (including phenoxy) is 1. The minimum absolute atomic E-state index is 0.0420. The van der Waals surface area contributed by atoms with Gasteiger partial charge < -0.3 is 25.4 Å². The Bertz CT molecular complexity index is 1230. The number of halogens is 1. The summed E-state index contributed by atoms with van der Waals surface area (Å²) < 4.78 is 31.1. The summed E-state index contributed by atoms with van der Waals surface area (Å²) in [4.78, 5) is 10.9. The van der Waals surface area contributed by atoms with E-state index in [0.717, 1.165) is 18.2 Å². The molecule has 4 N–H and O–H groups in total. The third kappa shape index (κ3) is 6.23. The van der Waals surface area contributed by atoms with E-state index in [9.17, 15) is 23.4 Å². The molecule has 3 rings (SSSR count). The number of carbonyl (C=O) groups is 1. The normalized spacial score (nSPS) is 12.3. The molecule has 10 heteroatoms. The number of aliphatic hydroxyl groups is 1. The first kappa shape index (κ1) is 24.5. The van der Waals surface area contributed by atoms with Gasteiger partial charge in [-0.3, -0.25) is 0 Å². The number of aromatic carboxylic acids is 1. The molecule has 174 valence electrons. The molecule has 0 saturated heterocycles. The lowest BCUT2D eigenvalue weighted by molar-refractivity contribution is 0.0693. The van der Waals surface area contributed by atoms with Gasteiger partial charge in [-0.1, -0.05) is 23.7 Å². The SMILES string of the molecule is O=C(O)c1cc(S(=O)(=O)c2ccc(OCCNC[C@@H](O)c3cccc(Cl)c3)cc2)ccc1O. The Labute approximate surface area is 196 Å². The molecule has 0 amide bonds. The molecule has 1 atom stereocenters. The minimum atomic E-state index is -3.98. The number of aromatic hydroxyl groups is 1. The van der Waals surface area contributed by atoms with Crippen LogP contribution in [0.15, 0.2) is 76.5 Å². The molecule has 0 aliphatic carbocycles. The van der Waals surface area contributed by atoms with Gasteiger partial charge in [-0.15, -0.1) is 0 Å². The number of aliphatic hydroxyl groups excluding tert-OH is 1. The maximum Gasteiger partial charge on any atom is 0.339 e. The van der Waals surface area contributed by atoms with Crippen LogP contribution in [0.5, 0.6) is 11.5 Å². The summed E-state index contributed by atoms with van der Waals surface area (Å²) in [7, 11) is -3.98. The van der Waals surface area contributed by atoms with E-state index in [1.54, 1.807) is 24.3 Å². The lowest BCUT2D eigenvalue weighted by Gasteiger charge is -2.13. The van der Waals surface area contributed by atoms with E-state index in [2.05, 4.69) is 5.32 Å². The second-order valence-electron chi connectivity index (χ2n) is 7.08. The Kier molecular flexibility index (Phi) is 7.93. The van der Waals surface area contributed by atoms with Crippen LogP contribution < -0.4 is 10.1 Å². The third-order valence-electron chi connectivity index (χ3n) is 4.76. The molecular weight excluding hydrogens is 470 g/mol. The molecule has 0 radical (unpaired) electrons. The largest absolute Gasteiger partial charge is 0.507 e. The average molecular weight is 492 g/mol. The first-order valence-corrected chi connectivity index (χ1v) is 11.7. The fourth-order valence-electron chi connectivity index (χ4n) is 3.02. The number of rotatable bonds is 10. The molecule has 3 aromatic carbocycles. The zero-order valence-electron chi connectivity index (χ0n) is 17.3. The van der Waals surface area contributed by atoms with Crippen LogP contribution in [0.4, 0.5) is 0 Å². The van der Waals surface area contributed by atoms with Crippen LogP contribution in [0.2, 0.25) is 5.02 Å². The summed E-state index contributed by atoms with van der Waals surface area (Å²) in [5.74, 6) is -1.50. The summed E-state index contributed by atoms with van der Waals surface area (Å²) in [6.45, 7) is 1.04. The van der Waals surface area contributed by atoms with Gasteiger partial charge in [0.1, 0.15) is 23.7 Å². The minimum Gasteiger partial charge on any atom is -0.507 e. The van der Waals surface area contributed by atoms with Crippen molar-refractivity contribution in [3.05, 3.63) is 82.9 Å². The highest BCUT2D eigenvalue weighted by Crippen LogP contribution is 2.27. The highest BCUT2D eigenvalue weighted by atomic mass is 35.5. The quantitative estimate of drug-likeness (QED) is 0.317. The zero-order valence-corrected chi connectivity index (χ0v) is 18.9. The van der Waals surface area contributed by atoms with Crippen molar-refractivity contribution in [2.75, 3.05) is 19.7 Å². The summed E-state index contributed by atoms with van der Waals surface area (Å²) in [5, 5.41) is 32.4. The van der Waals surface area contributed by atoms with Crippen molar-refractivity contribution < 1.29 is 33.3 Å². The Hall–Kier alpha value is -3.11.